The van der Waals surface area contributed by atoms with Crippen LogP contribution in [-0.2, 0) is 6.54 Å². The molecule has 2 aromatic carbocycles. The average Bonchev–Trinajstić information content (AvgIpc) is 2.33. The van der Waals surface area contributed by atoms with Crippen molar-refractivity contribution in [2.75, 3.05) is 5.32 Å². The third-order valence-corrected chi connectivity index (χ3v) is 3.99. The van der Waals surface area contributed by atoms with Gasteiger partial charge in [-0.1, -0.05) is 53.0 Å². The van der Waals surface area contributed by atoms with Crippen LogP contribution in [0.1, 0.15) is 16.7 Å². The Balaban J connectivity index is 2.22. The molecular formula is C15H14Cl3N. The molecule has 0 aliphatic heterocycles. The number of hydrogen-bond acceptors (Lipinski definition) is 1. The summed E-state index contributed by atoms with van der Waals surface area (Å²) in [4.78, 5) is 0. The zero-order valence-corrected chi connectivity index (χ0v) is 13.0. The molecule has 2 rings (SSSR count). The molecule has 4 heteroatoms. The summed E-state index contributed by atoms with van der Waals surface area (Å²) >= 11 is 18.2. The van der Waals surface area contributed by atoms with Gasteiger partial charge in [0.1, 0.15) is 0 Å². The Kier molecular flexibility index (Phi) is 4.62. The molecule has 100 valence electrons. The highest BCUT2D eigenvalue weighted by molar-refractivity contribution is 6.41. The maximum absolute atomic E-state index is 6.14. The van der Waals surface area contributed by atoms with Gasteiger partial charge in [0.15, 0.2) is 0 Å². The topological polar surface area (TPSA) is 12.0 Å². The van der Waals surface area contributed by atoms with Gasteiger partial charge in [0.05, 0.1) is 15.7 Å². The normalized spacial score (nSPS) is 10.6. The second-order valence-electron chi connectivity index (χ2n) is 4.46. The van der Waals surface area contributed by atoms with Gasteiger partial charge >= 0.3 is 0 Å². The predicted octanol–water partition coefficient (Wildman–Crippen LogP) is 5.88. The zero-order valence-electron chi connectivity index (χ0n) is 10.7. The van der Waals surface area contributed by atoms with Crippen LogP contribution >= 0.6 is 34.8 Å². The molecule has 0 spiro atoms. The first-order valence-electron chi connectivity index (χ1n) is 5.92. The Morgan fingerprint density at radius 1 is 1.00 bits per heavy atom. The highest BCUT2D eigenvalue weighted by atomic mass is 35.5. The van der Waals surface area contributed by atoms with Crippen LogP contribution in [0.3, 0.4) is 0 Å². The third kappa shape index (κ3) is 3.36. The van der Waals surface area contributed by atoms with Crippen LogP contribution in [0, 0.1) is 13.8 Å². The number of halogens is 3. The lowest BCUT2D eigenvalue weighted by Crippen LogP contribution is -2.03. The minimum absolute atomic E-state index is 0.530. The van der Waals surface area contributed by atoms with Crippen LogP contribution in [0.25, 0.3) is 0 Å². The number of hydrogen-bond donors (Lipinski definition) is 1. The first-order valence-corrected chi connectivity index (χ1v) is 7.06. The molecule has 0 saturated heterocycles. The van der Waals surface area contributed by atoms with Crippen molar-refractivity contribution in [2.24, 2.45) is 0 Å². The number of benzene rings is 2. The number of nitrogens with one attached hydrogen (secondary N) is 1. The van der Waals surface area contributed by atoms with Crippen LogP contribution in [-0.4, -0.2) is 0 Å². The van der Waals surface area contributed by atoms with E-state index in [4.69, 9.17) is 34.8 Å². The lowest BCUT2D eigenvalue weighted by atomic mass is 10.0. The van der Waals surface area contributed by atoms with Crippen LogP contribution in [0.2, 0.25) is 15.1 Å². The van der Waals surface area contributed by atoms with E-state index in [2.05, 4.69) is 31.3 Å². The van der Waals surface area contributed by atoms with Crippen LogP contribution < -0.4 is 5.32 Å². The summed E-state index contributed by atoms with van der Waals surface area (Å²) in [6.07, 6.45) is 0. The summed E-state index contributed by atoms with van der Waals surface area (Å²) in [5.41, 5.74) is 4.49. The highest BCUT2D eigenvalue weighted by Gasteiger charge is 2.08. The third-order valence-electron chi connectivity index (χ3n) is 3.18. The molecule has 0 unspecified atom stereocenters. The highest BCUT2D eigenvalue weighted by Crippen LogP contribution is 2.34. The smallest absolute Gasteiger partial charge is 0.0722 e. The van der Waals surface area contributed by atoms with Crippen molar-refractivity contribution in [1.82, 2.24) is 0 Å². The lowest BCUT2D eigenvalue weighted by molar-refractivity contribution is 1.10. The Bertz CT molecular complexity index is 585. The fourth-order valence-electron chi connectivity index (χ4n) is 1.90. The first-order chi connectivity index (χ1) is 8.99. The summed E-state index contributed by atoms with van der Waals surface area (Å²) in [5, 5.41) is 4.87. The molecule has 0 radical (unpaired) electrons. The monoisotopic (exact) mass is 313 g/mol. The molecule has 0 fully saturated rings. The minimum Gasteiger partial charge on any atom is -0.379 e. The van der Waals surface area contributed by atoms with Gasteiger partial charge < -0.3 is 5.32 Å². The van der Waals surface area contributed by atoms with Gasteiger partial charge in [0, 0.05) is 11.6 Å². The molecule has 0 saturated carbocycles. The van der Waals surface area contributed by atoms with E-state index in [1.54, 1.807) is 12.1 Å². The summed E-state index contributed by atoms with van der Waals surface area (Å²) in [6.45, 7) is 4.88. The summed E-state index contributed by atoms with van der Waals surface area (Å²) in [6, 6.07) is 9.60. The molecule has 0 aromatic heterocycles. The molecule has 0 bridgehead atoms. The maximum atomic E-state index is 6.14. The van der Waals surface area contributed by atoms with E-state index >= 15 is 0 Å². The molecule has 0 heterocycles. The van der Waals surface area contributed by atoms with Gasteiger partial charge in [0.25, 0.3) is 0 Å². The molecule has 0 atom stereocenters. The van der Waals surface area contributed by atoms with Crippen molar-refractivity contribution in [1.29, 1.82) is 0 Å². The van der Waals surface area contributed by atoms with Crippen molar-refractivity contribution in [3.63, 3.8) is 0 Å². The van der Waals surface area contributed by atoms with Crippen molar-refractivity contribution in [2.45, 2.75) is 20.4 Å². The Labute approximate surface area is 128 Å². The van der Waals surface area contributed by atoms with E-state index in [0.717, 1.165) is 0 Å². The van der Waals surface area contributed by atoms with E-state index in [9.17, 15) is 0 Å². The number of rotatable bonds is 3. The lowest BCUT2D eigenvalue weighted by Gasteiger charge is -2.13. The quantitative estimate of drug-likeness (QED) is 0.746. The van der Waals surface area contributed by atoms with Crippen molar-refractivity contribution in [3.8, 4) is 0 Å². The van der Waals surface area contributed by atoms with Gasteiger partial charge in [-0.05, 0) is 42.7 Å². The van der Waals surface area contributed by atoms with E-state index in [0.29, 0.717) is 27.3 Å². The van der Waals surface area contributed by atoms with E-state index < -0.39 is 0 Å². The number of anilines is 1. The van der Waals surface area contributed by atoms with Crippen molar-refractivity contribution < 1.29 is 0 Å². The van der Waals surface area contributed by atoms with Gasteiger partial charge in [-0.2, -0.15) is 0 Å². The molecule has 0 aliphatic carbocycles. The van der Waals surface area contributed by atoms with Crippen molar-refractivity contribution >= 4 is 40.5 Å². The molecule has 19 heavy (non-hydrogen) atoms. The average molecular weight is 315 g/mol. The summed E-state index contributed by atoms with van der Waals surface area (Å²) < 4.78 is 0. The fraction of sp³-hybridized carbons (Fsp3) is 0.200. The molecule has 1 N–H and O–H groups in total. The van der Waals surface area contributed by atoms with E-state index in [1.807, 2.05) is 6.07 Å². The summed E-state index contributed by atoms with van der Waals surface area (Å²) in [5.74, 6) is 0. The number of aryl methyl sites for hydroxylation is 1. The first kappa shape index (κ1) is 14.5. The standard InChI is InChI=1S/C15H14Cl3N/c1-9-4-3-5-11(10(9)2)8-19-15-13(17)6-12(16)7-14(15)18/h3-7,19H,8H2,1-2H3. The van der Waals surface area contributed by atoms with Crippen LogP contribution in [0.4, 0.5) is 5.69 Å². The Hall–Kier alpha value is -0.890. The molecule has 0 aliphatic rings. The van der Waals surface area contributed by atoms with E-state index in [1.165, 1.54) is 16.7 Å². The molecule has 2 aromatic rings. The van der Waals surface area contributed by atoms with Gasteiger partial charge in [-0.15, -0.1) is 0 Å². The van der Waals surface area contributed by atoms with Crippen LogP contribution in [0.5, 0.6) is 0 Å². The molecular weight excluding hydrogens is 301 g/mol. The maximum Gasteiger partial charge on any atom is 0.0722 e. The van der Waals surface area contributed by atoms with Crippen LogP contribution in [0.15, 0.2) is 30.3 Å². The SMILES string of the molecule is Cc1cccc(CNc2c(Cl)cc(Cl)cc2Cl)c1C. The predicted molar refractivity (Wildman–Crippen MR) is 84.7 cm³/mol. The summed E-state index contributed by atoms with van der Waals surface area (Å²) in [7, 11) is 0. The minimum atomic E-state index is 0.530. The van der Waals surface area contributed by atoms with Gasteiger partial charge in [0.2, 0.25) is 0 Å². The van der Waals surface area contributed by atoms with E-state index in [-0.39, 0.29) is 0 Å². The second kappa shape index (κ2) is 6.04. The van der Waals surface area contributed by atoms with Gasteiger partial charge in [-0.25, -0.2) is 0 Å². The largest absolute Gasteiger partial charge is 0.379 e. The molecule has 0 amide bonds. The Morgan fingerprint density at radius 2 is 1.63 bits per heavy atom. The molecule has 1 nitrogen and oxygen atoms in total. The fourth-order valence-corrected chi connectivity index (χ4v) is 2.85. The Morgan fingerprint density at radius 3 is 2.26 bits per heavy atom. The zero-order chi connectivity index (χ0) is 14.0. The van der Waals surface area contributed by atoms with Gasteiger partial charge in [-0.3, -0.25) is 0 Å². The second-order valence-corrected chi connectivity index (χ2v) is 5.71. The van der Waals surface area contributed by atoms with Crippen molar-refractivity contribution in [3.05, 3.63) is 62.1 Å².